The van der Waals surface area contributed by atoms with Crippen LogP contribution in [0.25, 0.3) is 0 Å². The van der Waals surface area contributed by atoms with Crippen molar-refractivity contribution in [2.75, 3.05) is 11.9 Å². The number of rotatable bonds is 5. The number of anilines is 1. The third-order valence-corrected chi connectivity index (χ3v) is 3.30. The second-order valence-electron chi connectivity index (χ2n) is 3.54. The van der Waals surface area contributed by atoms with Crippen LogP contribution in [0.3, 0.4) is 0 Å². The highest BCUT2D eigenvalue weighted by molar-refractivity contribution is 9.10. The van der Waals surface area contributed by atoms with Crippen LogP contribution >= 0.6 is 15.9 Å². The van der Waals surface area contributed by atoms with Gasteiger partial charge in [0, 0.05) is 16.7 Å². The van der Waals surface area contributed by atoms with Crippen LogP contribution in [0.4, 0.5) is 5.69 Å². The van der Waals surface area contributed by atoms with E-state index >= 15 is 0 Å². The van der Waals surface area contributed by atoms with E-state index in [0.717, 1.165) is 16.9 Å². The maximum Gasteiger partial charge on any atom is 0.0484 e. The highest BCUT2D eigenvalue weighted by Gasteiger charge is 2.03. The van der Waals surface area contributed by atoms with E-state index < -0.39 is 0 Å². The molecule has 0 spiro atoms. The number of para-hydroxylation sites is 1. The molecule has 14 heavy (non-hydrogen) atoms. The number of hydrogen-bond acceptors (Lipinski definition) is 1. The molecule has 2 heteroatoms. The van der Waals surface area contributed by atoms with E-state index in [1.807, 2.05) is 6.07 Å². The van der Waals surface area contributed by atoms with Gasteiger partial charge in [0.15, 0.2) is 0 Å². The molecule has 0 heterocycles. The quantitative estimate of drug-likeness (QED) is 0.828. The molecule has 78 valence electrons. The molecule has 0 aliphatic heterocycles. The van der Waals surface area contributed by atoms with Gasteiger partial charge in [-0.05, 0) is 34.0 Å². The Kier molecular flexibility index (Phi) is 5.02. The summed E-state index contributed by atoms with van der Waals surface area (Å²) in [6.07, 6.45) is 2.49. The summed E-state index contributed by atoms with van der Waals surface area (Å²) in [5.41, 5.74) is 1.19. The molecule has 0 bridgehead atoms. The minimum absolute atomic E-state index is 0.780. The molecule has 1 aromatic carbocycles. The van der Waals surface area contributed by atoms with Crippen molar-refractivity contribution in [1.29, 1.82) is 0 Å². The Bertz CT molecular complexity index is 269. The van der Waals surface area contributed by atoms with Crippen molar-refractivity contribution in [2.24, 2.45) is 5.92 Å². The van der Waals surface area contributed by atoms with Gasteiger partial charge in [0.2, 0.25) is 0 Å². The fraction of sp³-hybridized carbons (Fsp3) is 0.500. The lowest BCUT2D eigenvalue weighted by atomic mass is 10.0. The van der Waals surface area contributed by atoms with Crippen LogP contribution in [0, 0.1) is 5.92 Å². The van der Waals surface area contributed by atoms with Crippen molar-refractivity contribution >= 4 is 21.6 Å². The van der Waals surface area contributed by atoms with E-state index in [0.29, 0.717) is 0 Å². The molecule has 0 atom stereocenters. The normalized spacial score (nSPS) is 10.6. The molecular weight excluding hydrogens is 238 g/mol. The van der Waals surface area contributed by atoms with Crippen LogP contribution in [-0.2, 0) is 0 Å². The van der Waals surface area contributed by atoms with Crippen molar-refractivity contribution in [3.8, 4) is 0 Å². The van der Waals surface area contributed by atoms with Gasteiger partial charge in [-0.25, -0.2) is 0 Å². The van der Waals surface area contributed by atoms with Gasteiger partial charge < -0.3 is 5.32 Å². The van der Waals surface area contributed by atoms with Crippen LogP contribution in [-0.4, -0.2) is 6.54 Å². The Morgan fingerprint density at radius 2 is 1.86 bits per heavy atom. The molecular formula is C12H18BrN. The fourth-order valence-electron chi connectivity index (χ4n) is 1.44. The van der Waals surface area contributed by atoms with E-state index in [2.05, 4.69) is 53.3 Å². The number of nitrogens with one attached hydrogen (secondary N) is 1. The summed E-state index contributed by atoms with van der Waals surface area (Å²) in [5, 5.41) is 3.47. The van der Waals surface area contributed by atoms with Crippen molar-refractivity contribution in [1.82, 2.24) is 0 Å². The highest BCUT2D eigenvalue weighted by Crippen LogP contribution is 2.22. The molecule has 0 fully saturated rings. The maximum atomic E-state index is 3.53. The minimum Gasteiger partial charge on any atom is -0.384 e. The zero-order chi connectivity index (χ0) is 10.4. The Morgan fingerprint density at radius 1 is 1.21 bits per heavy atom. The van der Waals surface area contributed by atoms with Gasteiger partial charge in [-0.1, -0.05) is 38.8 Å². The predicted molar refractivity (Wildman–Crippen MR) is 66.7 cm³/mol. The molecule has 0 saturated heterocycles. The largest absolute Gasteiger partial charge is 0.384 e. The molecule has 0 unspecified atom stereocenters. The van der Waals surface area contributed by atoms with E-state index in [4.69, 9.17) is 0 Å². The molecule has 0 amide bonds. The van der Waals surface area contributed by atoms with Gasteiger partial charge in [0.05, 0.1) is 0 Å². The highest BCUT2D eigenvalue weighted by atomic mass is 79.9. The van der Waals surface area contributed by atoms with Crippen LogP contribution in [0.5, 0.6) is 0 Å². The zero-order valence-corrected chi connectivity index (χ0v) is 10.5. The average Bonchev–Trinajstić information content (AvgIpc) is 2.22. The number of halogens is 1. The zero-order valence-electron chi connectivity index (χ0n) is 8.89. The van der Waals surface area contributed by atoms with Crippen LogP contribution in [0.2, 0.25) is 0 Å². The fourth-order valence-corrected chi connectivity index (χ4v) is 1.86. The summed E-state index contributed by atoms with van der Waals surface area (Å²) in [7, 11) is 0. The molecule has 1 nitrogen and oxygen atoms in total. The van der Waals surface area contributed by atoms with Gasteiger partial charge in [0.25, 0.3) is 0 Å². The van der Waals surface area contributed by atoms with E-state index in [9.17, 15) is 0 Å². The minimum atomic E-state index is 0.780. The van der Waals surface area contributed by atoms with E-state index in [-0.39, 0.29) is 0 Å². The molecule has 1 aromatic rings. The van der Waals surface area contributed by atoms with Gasteiger partial charge in [-0.3, -0.25) is 0 Å². The third kappa shape index (κ3) is 3.33. The first-order valence-corrected chi connectivity index (χ1v) is 6.05. The first-order chi connectivity index (χ1) is 6.77. The average molecular weight is 256 g/mol. The Balaban J connectivity index is 2.49. The Labute approximate surface area is 95.0 Å². The van der Waals surface area contributed by atoms with Crippen molar-refractivity contribution in [3.63, 3.8) is 0 Å². The SMILES string of the molecule is CCC(CC)CNc1ccccc1Br. The molecule has 0 aromatic heterocycles. The molecule has 0 aliphatic rings. The van der Waals surface area contributed by atoms with E-state index in [1.54, 1.807) is 0 Å². The predicted octanol–water partition coefficient (Wildman–Crippen LogP) is 4.30. The van der Waals surface area contributed by atoms with Crippen molar-refractivity contribution in [3.05, 3.63) is 28.7 Å². The van der Waals surface area contributed by atoms with Crippen LogP contribution in [0.15, 0.2) is 28.7 Å². The number of hydrogen-bond donors (Lipinski definition) is 1. The Morgan fingerprint density at radius 3 is 2.43 bits per heavy atom. The summed E-state index contributed by atoms with van der Waals surface area (Å²) in [4.78, 5) is 0. The van der Waals surface area contributed by atoms with Gasteiger partial charge in [0.1, 0.15) is 0 Å². The summed E-state index contributed by atoms with van der Waals surface area (Å²) in [6, 6.07) is 8.26. The lowest BCUT2D eigenvalue weighted by Gasteiger charge is -2.15. The lowest BCUT2D eigenvalue weighted by molar-refractivity contribution is 0.519. The third-order valence-electron chi connectivity index (χ3n) is 2.61. The van der Waals surface area contributed by atoms with Gasteiger partial charge in [-0.2, -0.15) is 0 Å². The summed E-state index contributed by atoms with van der Waals surface area (Å²) < 4.78 is 1.14. The summed E-state index contributed by atoms with van der Waals surface area (Å²) in [6.45, 7) is 5.56. The molecule has 0 radical (unpaired) electrons. The van der Waals surface area contributed by atoms with Gasteiger partial charge in [-0.15, -0.1) is 0 Å². The molecule has 0 aliphatic carbocycles. The second-order valence-corrected chi connectivity index (χ2v) is 4.40. The van der Waals surface area contributed by atoms with Gasteiger partial charge >= 0.3 is 0 Å². The standard InChI is InChI=1S/C12H18BrN/c1-3-10(4-2)9-14-12-8-6-5-7-11(12)13/h5-8,10,14H,3-4,9H2,1-2H3. The molecule has 0 saturated carbocycles. The smallest absolute Gasteiger partial charge is 0.0484 e. The molecule has 1 N–H and O–H groups in total. The first-order valence-electron chi connectivity index (χ1n) is 5.26. The summed E-state index contributed by atoms with van der Waals surface area (Å²) in [5.74, 6) is 0.780. The lowest BCUT2D eigenvalue weighted by Crippen LogP contribution is -2.12. The van der Waals surface area contributed by atoms with Crippen LogP contribution < -0.4 is 5.32 Å². The number of benzene rings is 1. The Hall–Kier alpha value is -0.500. The van der Waals surface area contributed by atoms with Crippen LogP contribution in [0.1, 0.15) is 26.7 Å². The maximum absolute atomic E-state index is 3.53. The topological polar surface area (TPSA) is 12.0 Å². The molecule has 1 rings (SSSR count). The van der Waals surface area contributed by atoms with Crippen molar-refractivity contribution in [2.45, 2.75) is 26.7 Å². The van der Waals surface area contributed by atoms with E-state index in [1.165, 1.54) is 18.5 Å². The van der Waals surface area contributed by atoms with Crippen molar-refractivity contribution < 1.29 is 0 Å². The second kappa shape index (κ2) is 6.07. The monoisotopic (exact) mass is 255 g/mol. The summed E-state index contributed by atoms with van der Waals surface area (Å²) >= 11 is 3.53. The first kappa shape index (κ1) is 11.6.